The predicted octanol–water partition coefficient (Wildman–Crippen LogP) is 6.05. The van der Waals surface area contributed by atoms with Crippen LogP contribution >= 0.6 is 0 Å². The molecule has 0 unspecified atom stereocenters. The Bertz CT molecular complexity index is 1020. The van der Waals surface area contributed by atoms with Crippen LogP contribution in [0.4, 0.5) is 13.2 Å². The zero-order valence-electron chi connectivity index (χ0n) is 17.1. The van der Waals surface area contributed by atoms with Crippen LogP contribution in [0.15, 0.2) is 48.7 Å². The van der Waals surface area contributed by atoms with Crippen molar-refractivity contribution >= 4 is 12.0 Å². The van der Waals surface area contributed by atoms with Gasteiger partial charge >= 0.3 is 5.97 Å². The Hall–Kier alpha value is -2.63. The van der Waals surface area contributed by atoms with Crippen LogP contribution in [0, 0.1) is 23.6 Å². The Morgan fingerprint density at radius 3 is 2.68 bits per heavy atom. The molecule has 1 aliphatic heterocycles. The lowest BCUT2D eigenvalue weighted by Gasteiger charge is -2.34. The molecule has 5 rings (SSSR count). The Morgan fingerprint density at radius 1 is 1.10 bits per heavy atom. The van der Waals surface area contributed by atoms with Gasteiger partial charge in [-0.1, -0.05) is 24.3 Å². The third-order valence-electron chi connectivity index (χ3n) is 7.17. The summed E-state index contributed by atoms with van der Waals surface area (Å²) in [4.78, 5) is 16.4. The maximum Gasteiger partial charge on any atom is 0.306 e. The predicted molar refractivity (Wildman–Crippen MR) is 111 cm³/mol. The lowest BCUT2D eigenvalue weighted by molar-refractivity contribution is -0.150. The molecule has 2 saturated carbocycles. The number of hydrogen-bond donors (Lipinski definition) is 0. The second-order valence-electron chi connectivity index (χ2n) is 9.13. The van der Waals surface area contributed by atoms with Crippen molar-refractivity contribution in [1.82, 2.24) is 4.98 Å². The van der Waals surface area contributed by atoms with E-state index in [2.05, 4.69) is 4.98 Å². The van der Waals surface area contributed by atoms with Gasteiger partial charge in [-0.05, 0) is 60.9 Å². The Morgan fingerprint density at radius 2 is 1.97 bits per heavy atom. The van der Waals surface area contributed by atoms with Gasteiger partial charge in [0.25, 0.3) is 0 Å². The number of pyridine rings is 1. The number of carbonyl (C=O) groups is 1. The molecule has 1 aromatic carbocycles. The standard InChI is InChI=1S/C25H24F3NO2/c26-19-3-1-2-16(12-19)17-4-5-20(29-15-17)6-7-22-21-8-11-25(27,28)14-18(21)13-24(22)10-9-23(30)31-24/h1-7,12,15,18,21-22H,8-11,13-14H2/b7-6+/t18-,21+,22-,24-/m0/s1. The van der Waals surface area contributed by atoms with Gasteiger partial charge in [0, 0.05) is 36.9 Å². The lowest BCUT2D eigenvalue weighted by Crippen LogP contribution is -2.35. The molecular formula is C25H24F3NO2. The minimum Gasteiger partial charge on any atom is -0.458 e. The van der Waals surface area contributed by atoms with Crippen molar-refractivity contribution in [3.63, 3.8) is 0 Å². The Labute approximate surface area is 179 Å². The van der Waals surface area contributed by atoms with Crippen molar-refractivity contribution in [2.75, 3.05) is 0 Å². The van der Waals surface area contributed by atoms with Gasteiger partial charge in [-0.2, -0.15) is 0 Å². The molecule has 6 heteroatoms. The molecule has 162 valence electrons. The van der Waals surface area contributed by atoms with E-state index in [0.29, 0.717) is 25.7 Å². The summed E-state index contributed by atoms with van der Waals surface area (Å²) in [5, 5.41) is 0. The van der Waals surface area contributed by atoms with Gasteiger partial charge in [-0.3, -0.25) is 9.78 Å². The van der Waals surface area contributed by atoms with Gasteiger partial charge in [0.2, 0.25) is 5.92 Å². The monoisotopic (exact) mass is 427 g/mol. The fourth-order valence-corrected chi connectivity index (χ4v) is 5.80. The smallest absolute Gasteiger partial charge is 0.306 e. The lowest BCUT2D eigenvalue weighted by atomic mass is 9.75. The number of benzene rings is 1. The minimum absolute atomic E-state index is 0.0789. The molecule has 3 fully saturated rings. The number of nitrogens with zero attached hydrogens (tertiary/aromatic N) is 1. The number of ether oxygens (including phenoxy) is 1. The molecule has 1 saturated heterocycles. The summed E-state index contributed by atoms with van der Waals surface area (Å²) in [6.45, 7) is 0. The average Bonchev–Trinajstić information content (AvgIpc) is 3.24. The third-order valence-corrected chi connectivity index (χ3v) is 7.17. The van der Waals surface area contributed by atoms with E-state index in [1.807, 2.05) is 30.4 Å². The number of halogens is 3. The first-order valence-electron chi connectivity index (χ1n) is 10.8. The second kappa shape index (κ2) is 7.50. The topological polar surface area (TPSA) is 39.2 Å². The van der Waals surface area contributed by atoms with Gasteiger partial charge in [-0.15, -0.1) is 0 Å². The van der Waals surface area contributed by atoms with E-state index in [1.54, 1.807) is 12.3 Å². The molecule has 3 aliphatic rings. The van der Waals surface area contributed by atoms with Gasteiger partial charge in [0.15, 0.2) is 0 Å². The number of alkyl halides is 2. The van der Waals surface area contributed by atoms with Crippen molar-refractivity contribution in [3.05, 3.63) is 60.2 Å². The quantitative estimate of drug-likeness (QED) is 0.560. The molecular weight excluding hydrogens is 403 g/mol. The highest BCUT2D eigenvalue weighted by molar-refractivity contribution is 5.72. The van der Waals surface area contributed by atoms with Gasteiger partial charge in [0.1, 0.15) is 11.4 Å². The number of fused-ring (bicyclic) bond motifs is 1. The molecule has 1 spiro atoms. The van der Waals surface area contributed by atoms with Gasteiger partial charge < -0.3 is 4.74 Å². The van der Waals surface area contributed by atoms with E-state index in [0.717, 1.165) is 16.8 Å². The van der Waals surface area contributed by atoms with E-state index in [9.17, 15) is 18.0 Å². The molecule has 0 N–H and O–H groups in total. The van der Waals surface area contributed by atoms with Crippen molar-refractivity contribution in [3.8, 4) is 11.1 Å². The van der Waals surface area contributed by atoms with Crippen LogP contribution in [0.5, 0.6) is 0 Å². The summed E-state index contributed by atoms with van der Waals surface area (Å²) in [6.07, 6.45) is 7.26. The fourth-order valence-electron chi connectivity index (χ4n) is 5.80. The highest BCUT2D eigenvalue weighted by atomic mass is 19.3. The fraction of sp³-hybridized carbons (Fsp3) is 0.440. The summed E-state index contributed by atoms with van der Waals surface area (Å²) in [6, 6.07) is 10.1. The van der Waals surface area contributed by atoms with E-state index < -0.39 is 11.5 Å². The molecule has 0 bridgehead atoms. The Balaban J connectivity index is 1.39. The number of hydrogen-bond acceptors (Lipinski definition) is 3. The first kappa shape index (κ1) is 20.3. The van der Waals surface area contributed by atoms with Crippen LogP contribution in [0.1, 0.15) is 44.2 Å². The maximum atomic E-state index is 14.0. The normalized spacial score (nSPS) is 31.8. The molecule has 2 aromatic rings. The van der Waals surface area contributed by atoms with Gasteiger partial charge in [0.05, 0.1) is 5.69 Å². The highest BCUT2D eigenvalue weighted by Gasteiger charge is 2.60. The van der Waals surface area contributed by atoms with Crippen LogP contribution in [0.3, 0.4) is 0 Å². The SMILES string of the molecule is O=C1CC[C@@]2(C[C@H]3CC(F)(F)CC[C@H]3[C@@H]2/C=C/c2ccc(-c3cccc(F)c3)cn2)O1. The highest BCUT2D eigenvalue weighted by Crippen LogP contribution is 2.59. The van der Waals surface area contributed by atoms with Crippen LogP contribution in [0.2, 0.25) is 0 Å². The van der Waals surface area contributed by atoms with Crippen molar-refractivity contribution in [2.45, 2.75) is 50.0 Å². The number of carbonyl (C=O) groups excluding carboxylic acids is 1. The molecule has 31 heavy (non-hydrogen) atoms. The molecule has 2 aliphatic carbocycles. The maximum absolute atomic E-state index is 14.0. The van der Waals surface area contributed by atoms with Crippen molar-refractivity contribution in [2.24, 2.45) is 17.8 Å². The first-order chi connectivity index (χ1) is 14.8. The summed E-state index contributed by atoms with van der Waals surface area (Å²) in [7, 11) is 0. The molecule has 2 heterocycles. The van der Waals surface area contributed by atoms with Crippen LogP contribution in [-0.2, 0) is 9.53 Å². The van der Waals surface area contributed by atoms with Crippen LogP contribution in [0.25, 0.3) is 17.2 Å². The number of esters is 1. The summed E-state index contributed by atoms with van der Waals surface area (Å²) >= 11 is 0. The number of rotatable bonds is 3. The third kappa shape index (κ3) is 3.88. The summed E-state index contributed by atoms with van der Waals surface area (Å²) in [5.41, 5.74) is 1.63. The van der Waals surface area contributed by atoms with E-state index in [4.69, 9.17) is 4.74 Å². The largest absolute Gasteiger partial charge is 0.458 e. The van der Waals surface area contributed by atoms with Crippen LogP contribution < -0.4 is 0 Å². The van der Waals surface area contributed by atoms with Crippen molar-refractivity contribution < 1.29 is 22.7 Å². The molecule has 3 nitrogen and oxygen atoms in total. The average molecular weight is 427 g/mol. The van der Waals surface area contributed by atoms with E-state index in [1.165, 1.54) is 12.1 Å². The molecule has 0 radical (unpaired) electrons. The van der Waals surface area contributed by atoms with E-state index >= 15 is 0 Å². The van der Waals surface area contributed by atoms with Crippen LogP contribution in [-0.4, -0.2) is 22.5 Å². The van der Waals surface area contributed by atoms with E-state index in [-0.39, 0.29) is 42.4 Å². The molecule has 1 aromatic heterocycles. The number of aromatic nitrogens is 1. The summed E-state index contributed by atoms with van der Waals surface area (Å²) < 4.78 is 47.3. The molecule has 4 atom stereocenters. The van der Waals surface area contributed by atoms with Crippen molar-refractivity contribution in [1.29, 1.82) is 0 Å². The zero-order chi connectivity index (χ0) is 21.6. The summed E-state index contributed by atoms with van der Waals surface area (Å²) in [5.74, 6) is -3.28. The zero-order valence-corrected chi connectivity index (χ0v) is 17.1. The molecule has 0 amide bonds. The minimum atomic E-state index is -2.63. The first-order valence-corrected chi connectivity index (χ1v) is 10.8. The van der Waals surface area contributed by atoms with Gasteiger partial charge in [-0.25, -0.2) is 13.2 Å². The second-order valence-corrected chi connectivity index (χ2v) is 9.13. The Kier molecular flexibility index (Phi) is 4.91.